The van der Waals surface area contributed by atoms with Gasteiger partial charge in [-0.25, -0.2) is 0 Å². The monoisotopic (exact) mass is 919 g/mol. The van der Waals surface area contributed by atoms with Gasteiger partial charge in [0.15, 0.2) is 0 Å². The molecule has 366 valence electrons. The molecule has 0 fully saturated rings. The zero-order valence-electron chi connectivity index (χ0n) is 47.9. The third-order valence-electron chi connectivity index (χ3n) is 16.0. The van der Waals surface area contributed by atoms with Crippen molar-refractivity contribution in [3.8, 4) is 33.4 Å². The van der Waals surface area contributed by atoms with Crippen molar-refractivity contribution in [3.05, 3.63) is 176 Å². The Bertz CT molecular complexity index is 2930. The van der Waals surface area contributed by atoms with E-state index in [1.165, 1.54) is 100 Å². The molecule has 0 atom stereocenters. The Morgan fingerprint density at radius 3 is 1.09 bits per heavy atom. The lowest BCUT2D eigenvalue weighted by Gasteiger charge is -2.30. The number of benzene rings is 6. The molecule has 0 nitrogen and oxygen atoms in total. The molecule has 0 radical (unpaired) electrons. The summed E-state index contributed by atoms with van der Waals surface area (Å²) in [7, 11) is 0. The van der Waals surface area contributed by atoms with Crippen LogP contribution in [0.3, 0.4) is 0 Å². The van der Waals surface area contributed by atoms with Crippen molar-refractivity contribution in [3.63, 3.8) is 0 Å². The van der Waals surface area contributed by atoms with E-state index in [1.807, 2.05) is 0 Å². The van der Waals surface area contributed by atoms with Gasteiger partial charge in [0.25, 0.3) is 0 Å². The third-order valence-corrected chi connectivity index (χ3v) is 16.0. The lowest BCUT2D eigenvalue weighted by Crippen LogP contribution is -2.23. The van der Waals surface area contributed by atoms with Crippen LogP contribution in [0.5, 0.6) is 0 Å². The highest BCUT2D eigenvalue weighted by molar-refractivity contribution is 5.86. The summed E-state index contributed by atoms with van der Waals surface area (Å²) in [6, 6.07) is 41.7. The second-order valence-electron chi connectivity index (χ2n) is 28.8. The summed E-state index contributed by atoms with van der Waals surface area (Å²) in [5.41, 5.74) is 27.6. The van der Waals surface area contributed by atoms with Crippen LogP contribution in [-0.4, -0.2) is 0 Å². The average molecular weight is 919 g/mol. The molecule has 0 heterocycles. The summed E-state index contributed by atoms with van der Waals surface area (Å²) in [6.45, 7) is 55.9. The summed E-state index contributed by atoms with van der Waals surface area (Å²) in [6.07, 6.45) is 0. The van der Waals surface area contributed by atoms with Gasteiger partial charge < -0.3 is 0 Å². The van der Waals surface area contributed by atoms with Gasteiger partial charge in [-0.3, -0.25) is 0 Å². The van der Waals surface area contributed by atoms with E-state index in [2.05, 4.69) is 275 Å². The van der Waals surface area contributed by atoms with Crippen LogP contribution >= 0.6 is 0 Å². The van der Waals surface area contributed by atoms with E-state index in [1.54, 1.807) is 0 Å². The van der Waals surface area contributed by atoms with E-state index in [9.17, 15) is 0 Å². The molecule has 9 rings (SSSR count). The van der Waals surface area contributed by atoms with Crippen molar-refractivity contribution in [2.24, 2.45) is 0 Å². The first-order chi connectivity index (χ1) is 31.3. The average Bonchev–Trinajstić information content (AvgIpc) is 3.71. The van der Waals surface area contributed by atoms with Gasteiger partial charge in [0, 0.05) is 16.2 Å². The van der Waals surface area contributed by atoms with Crippen molar-refractivity contribution >= 4 is 0 Å². The summed E-state index contributed by atoms with van der Waals surface area (Å²) in [4.78, 5) is 0. The van der Waals surface area contributed by atoms with Crippen LogP contribution in [-0.2, 0) is 48.7 Å². The molecular weight excluding hydrogens is 829 g/mol. The van der Waals surface area contributed by atoms with E-state index in [4.69, 9.17) is 0 Å². The maximum atomic E-state index is 2.45. The highest BCUT2D eigenvalue weighted by Gasteiger charge is 2.43. The van der Waals surface area contributed by atoms with E-state index in [-0.39, 0.29) is 48.7 Å². The van der Waals surface area contributed by atoms with Crippen molar-refractivity contribution in [2.45, 2.75) is 215 Å². The standard InChI is InChI=1S/3C23H30/c1-21(2,3)16-12-10-13-17-19(16)15-11-9-14-18(22(4,5)6)20(15)23(17,7)8;1-21(2,3)15-12-13-16-19(14-15)23(7,8)18-11-9-10-17(20(16)18)22(4,5)6;1-21(2,3)15-12-13-18-17(14-15)16-10-9-11-19(22(4,5)6)20(16)23(18,7)8/h3*9-14H,1-8H3. The molecule has 0 saturated heterocycles. The van der Waals surface area contributed by atoms with Gasteiger partial charge >= 0.3 is 0 Å². The number of rotatable bonds is 0. The largest absolute Gasteiger partial charge is 0.0616 e. The second-order valence-corrected chi connectivity index (χ2v) is 28.8. The molecule has 0 amide bonds. The minimum absolute atomic E-state index is 0.0653. The molecule has 0 bridgehead atoms. The van der Waals surface area contributed by atoms with Gasteiger partial charge in [-0.15, -0.1) is 0 Å². The molecule has 0 aromatic heterocycles. The van der Waals surface area contributed by atoms with Crippen molar-refractivity contribution in [2.75, 3.05) is 0 Å². The van der Waals surface area contributed by atoms with Crippen molar-refractivity contribution in [1.82, 2.24) is 0 Å². The van der Waals surface area contributed by atoms with Crippen LogP contribution in [0.2, 0.25) is 0 Å². The fourth-order valence-corrected chi connectivity index (χ4v) is 12.0. The fraction of sp³-hybridized carbons (Fsp3) is 0.478. The summed E-state index contributed by atoms with van der Waals surface area (Å²) >= 11 is 0. The molecule has 0 aliphatic heterocycles. The highest BCUT2D eigenvalue weighted by Crippen LogP contribution is 2.56. The Balaban J connectivity index is 0.000000153. The minimum atomic E-state index is 0.0653. The fourth-order valence-electron chi connectivity index (χ4n) is 12.0. The van der Waals surface area contributed by atoms with Gasteiger partial charge in [0.05, 0.1) is 0 Å². The zero-order valence-corrected chi connectivity index (χ0v) is 47.9. The molecule has 0 spiro atoms. The summed E-state index contributed by atoms with van der Waals surface area (Å²) < 4.78 is 0. The maximum absolute atomic E-state index is 2.45. The predicted molar refractivity (Wildman–Crippen MR) is 304 cm³/mol. The Labute approximate surface area is 422 Å². The van der Waals surface area contributed by atoms with Crippen LogP contribution in [0.15, 0.2) is 109 Å². The maximum Gasteiger partial charge on any atom is 0.0161 e. The van der Waals surface area contributed by atoms with E-state index in [0.29, 0.717) is 0 Å². The van der Waals surface area contributed by atoms with E-state index < -0.39 is 0 Å². The second kappa shape index (κ2) is 16.7. The molecule has 3 aliphatic carbocycles. The molecule has 3 aliphatic rings. The lowest BCUT2D eigenvalue weighted by atomic mass is 9.73. The molecule has 6 aromatic carbocycles. The Kier molecular flexibility index (Phi) is 12.6. The number of hydrogen-bond acceptors (Lipinski definition) is 0. The quantitative estimate of drug-likeness (QED) is 0.142. The van der Waals surface area contributed by atoms with Crippen LogP contribution in [0.25, 0.3) is 33.4 Å². The van der Waals surface area contributed by atoms with Crippen LogP contribution in [0.4, 0.5) is 0 Å². The van der Waals surface area contributed by atoms with E-state index in [0.717, 1.165) is 0 Å². The van der Waals surface area contributed by atoms with Crippen LogP contribution in [0, 0.1) is 0 Å². The highest BCUT2D eigenvalue weighted by atomic mass is 14.5. The number of fused-ring (bicyclic) bond motifs is 9. The van der Waals surface area contributed by atoms with Crippen molar-refractivity contribution in [1.29, 1.82) is 0 Å². The Morgan fingerprint density at radius 2 is 0.623 bits per heavy atom. The number of hydrogen-bond donors (Lipinski definition) is 0. The molecule has 0 saturated carbocycles. The van der Waals surface area contributed by atoms with Gasteiger partial charge in [0.2, 0.25) is 0 Å². The van der Waals surface area contributed by atoms with E-state index >= 15 is 0 Å². The molecule has 69 heavy (non-hydrogen) atoms. The van der Waals surface area contributed by atoms with Gasteiger partial charge in [-0.1, -0.05) is 275 Å². The first-order valence-corrected chi connectivity index (χ1v) is 26.2. The smallest absolute Gasteiger partial charge is 0.0161 e. The Morgan fingerprint density at radius 1 is 0.261 bits per heavy atom. The summed E-state index contributed by atoms with van der Waals surface area (Å²) in [5, 5.41) is 0. The van der Waals surface area contributed by atoms with Crippen molar-refractivity contribution < 1.29 is 0 Å². The van der Waals surface area contributed by atoms with Gasteiger partial charge in [0.1, 0.15) is 0 Å². The predicted octanol–water partition coefficient (Wildman–Crippen LogP) is 19.8. The first-order valence-electron chi connectivity index (χ1n) is 26.2. The molecule has 0 unspecified atom stereocenters. The summed E-state index contributed by atoms with van der Waals surface area (Å²) in [5.74, 6) is 0. The first kappa shape index (κ1) is 52.2. The molecule has 6 aromatic rings. The van der Waals surface area contributed by atoms with Gasteiger partial charge in [-0.2, -0.15) is 0 Å². The minimum Gasteiger partial charge on any atom is -0.0616 e. The van der Waals surface area contributed by atoms with Crippen LogP contribution < -0.4 is 0 Å². The zero-order chi connectivity index (χ0) is 51.6. The normalized spacial score (nSPS) is 16.2. The Hall–Kier alpha value is -4.68. The molecular formula is C69H90. The molecule has 0 N–H and O–H groups in total. The van der Waals surface area contributed by atoms with Gasteiger partial charge in [-0.05, 0) is 133 Å². The third kappa shape index (κ3) is 9.15. The topological polar surface area (TPSA) is 0 Å². The molecule has 0 heteroatoms. The lowest BCUT2D eigenvalue weighted by molar-refractivity contribution is 0.556. The van der Waals surface area contributed by atoms with Crippen LogP contribution in [0.1, 0.15) is 233 Å². The SMILES string of the molecule is CC(C)(C)c1ccc2c(c1)-c1cccc(C(C)(C)C)c1C2(C)C.CC(C)(C)c1ccc2c(c1)C(C)(C)c1cccc(C(C)(C)C)c1-2.CC(C)(C)c1cccc2c1-c1cccc(C(C)(C)C)c1C2(C)C.